The van der Waals surface area contributed by atoms with Crippen LogP contribution in [0, 0.1) is 11.8 Å². The van der Waals surface area contributed by atoms with Crippen molar-refractivity contribution in [1.82, 2.24) is 5.32 Å². The topological polar surface area (TPSA) is 64.6 Å². The molecule has 0 aromatic carbocycles. The van der Waals surface area contributed by atoms with Crippen LogP contribution in [0.4, 0.5) is 4.79 Å². The molecule has 5 nitrogen and oxygen atoms in total. The molecule has 0 radical (unpaired) electrons. The highest BCUT2D eigenvalue weighted by molar-refractivity contribution is 5.68. The van der Waals surface area contributed by atoms with E-state index in [2.05, 4.69) is 5.32 Å². The van der Waals surface area contributed by atoms with Gasteiger partial charge < -0.3 is 14.8 Å². The van der Waals surface area contributed by atoms with E-state index in [0.717, 1.165) is 12.8 Å². The van der Waals surface area contributed by atoms with Crippen LogP contribution in [-0.4, -0.2) is 24.9 Å². The number of esters is 1. The van der Waals surface area contributed by atoms with Gasteiger partial charge in [-0.2, -0.15) is 0 Å². The zero-order valence-electron chi connectivity index (χ0n) is 12.1. The van der Waals surface area contributed by atoms with Crippen LogP contribution in [0.2, 0.25) is 0 Å². The van der Waals surface area contributed by atoms with Crippen LogP contribution in [-0.2, 0) is 14.3 Å². The highest BCUT2D eigenvalue weighted by Crippen LogP contribution is 2.22. The largest absolute Gasteiger partial charge is 0.425 e. The quantitative estimate of drug-likeness (QED) is 0.617. The fraction of sp³-hybridized carbons (Fsp3) is 0.857. The van der Waals surface area contributed by atoms with Gasteiger partial charge in [0.15, 0.2) is 0 Å². The Labute approximate surface area is 115 Å². The Hall–Kier alpha value is -1.26. The van der Waals surface area contributed by atoms with Crippen LogP contribution in [0.25, 0.3) is 0 Å². The van der Waals surface area contributed by atoms with Gasteiger partial charge in [-0.15, -0.1) is 0 Å². The number of carbonyl (C=O) groups is 2. The van der Waals surface area contributed by atoms with Crippen LogP contribution < -0.4 is 5.32 Å². The standard InChI is InChI=1S/C14H25NO4/c1-10(2)13(18-11(3)16)19-14(17)15-9-12-7-5-4-6-8-12/h10,12-13H,4-9H2,1-3H3,(H,15,17). The third kappa shape index (κ3) is 6.45. The molecule has 1 rings (SSSR count). The molecule has 1 saturated carbocycles. The summed E-state index contributed by atoms with van der Waals surface area (Å²) in [6.45, 7) is 5.62. The van der Waals surface area contributed by atoms with Gasteiger partial charge in [0.1, 0.15) is 0 Å². The van der Waals surface area contributed by atoms with E-state index in [1.165, 1.54) is 26.2 Å². The van der Waals surface area contributed by atoms with E-state index < -0.39 is 18.4 Å². The number of rotatable bonds is 5. The molecule has 0 bridgehead atoms. The number of hydrogen-bond acceptors (Lipinski definition) is 4. The molecule has 5 heteroatoms. The predicted octanol–water partition coefficient (Wildman–Crippen LogP) is 2.84. The molecule has 19 heavy (non-hydrogen) atoms. The molecular weight excluding hydrogens is 246 g/mol. The second-order valence-corrected chi connectivity index (χ2v) is 5.51. The van der Waals surface area contributed by atoms with E-state index >= 15 is 0 Å². The van der Waals surface area contributed by atoms with Crippen LogP contribution in [0.15, 0.2) is 0 Å². The van der Waals surface area contributed by atoms with Crippen molar-refractivity contribution in [3.05, 3.63) is 0 Å². The Morgan fingerprint density at radius 3 is 2.32 bits per heavy atom. The summed E-state index contributed by atoms with van der Waals surface area (Å²) in [4.78, 5) is 22.6. The molecule has 0 saturated heterocycles. The monoisotopic (exact) mass is 271 g/mol. The van der Waals surface area contributed by atoms with Crippen molar-refractivity contribution in [3.63, 3.8) is 0 Å². The molecule has 0 heterocycles. The second-order valence-electron chi connectivity index (χ2n) is 5.51. The first-order valence-corrected chi connectivity index (χ1v) is 7.10. The Morgan fingerprint density at radius 2 is 1.79 bits per heavy atom. The van der Waals surface area contributed by atoms with Gasteiger partial charge in [-0.25, -0.2) is 4.79 Å². The van der Waals surface area contributed by atoms with E-state index in [1.807, 2.05) is 13.8 Å². The van der Waals surface area contributed by atoms with E-state index in [4.69, 9.17) is 9.47 Å². The zero-order chi connectivity index (χ0) is 14.3. The number of ether oxygens (including phenoxy) is 2. The highest BCUT2D eigenvalue weighted by Gasteiger charge is 2.22. The van der Waals surface area contributed by atoms with E-state index in [-0.39, 0.29) is 5.92 Å². The van der Waals surface area contributed by atoms with Gasteiger partial charge in [-0.05, 0) is 18.8 Å². The maximum Gasteiger partial charge on any atom is 0.410 e. The first-order valence-electron chi connectivity index (χ1n) is 7.10. The van der Waals surface area contributed by atoms with Crippen molar-refractivity contribution in [2.24, 2.45) is 11.8 Å². The van der Waals surface area contributed by atoms with Gasteiger partial charge in [0.2, 0.25) is 0 Å². The minimum Gasteiger partial charge on any atom is -0.425 e. The molecule has 1 unspecified atom stereocenters. The van der Waals surface area contributed by atoms with Crippen LogP contribution in [0.5, 0.6) is 0 Å². The highest BCUT2D eigenvalue weighted by atomic mass is 16.7. The molecule has 1 amide bonds. The second kappa shape index (κ2) is 8.02. The van der Waals surface area contributed by atoms with E-state index in [0.29, 0.717) is 12.5 Å². The van der Waals surface area contributed by atoms with E-state index in [1.54, 1.807) is 0 Å². The lowest BCUT2D eigenvalue weighted by atomic mass is 9.89. The number of alkyl carbamates (subject to hydrolysis) is 1. The molecule has 1 aliphatic carbocycles. The molecule has 1 atom stereocenters. The van der Waals surface area contributed by atoms with Crippen molar-refractivity contribution in [2.75, 3.05) is 6.54 Å². The van der Waals surface area contributed by atoms with Crippen molar-refractivity contribution >= 4 is 12.1 Å². The van der Waals surface area contributed by atoms with Crippen molar-refractivity contribution in [1.29, 1.82) is 0 Å². The summed E-state index contributed by atoms with van der Waals surface area (Å²) in [5, 5.41) is 2.76. The molecule has 0 aromatic rings. The zero-order valence-corrected chi connectivity index (χ0v) is 12.1. The fourth-order valence-electron chi connectivity index (χ4n) is 2.23. The number of carbonyl (C=O) groups excluding carboxylic acids is 2. The molecule has 1 fully saturated rings. The summed E-state index contributed by atoms with van der Waals surface area (Å²) >= 11 is 0. The normalized spacial score (nSPS) is 17.9. The maximum atomic E-state index is 11.7. The predicted molar refractivity (Wildman–Crippen MR) is 71.5 cm³/mol. The number of nitrogens with one attached hydrogen (secondary N) is 1. The lowest BCUT2D eigenvalue weighted by Gasteiger charge is -2.23. The smallest absolute Gasteiger partial charge is 0.410 e. The summed E-state index contributed by atoms with van der Waals surface area (Å²) in [6, 6.07) is 0. The van der Waals surface area contributed by atoms with E-state index in [9.17, 15) is 9.59 Å². The summed E-state index contributed by atoms with van der Waals surface area (Å²) < 4.78 is 10.1. The van der Waals surface area contributed by atoms with Crippen molar-refractivity contribution in [3.8, 4) is 0 Å². The first kappa shape index (κ1) is 15.8. The summed E-state index contributed by atoms with van der Waals surface area (Å²) in [7, 11) is 0. The summed E-state index contributed by atoms with van der Waals surface area (Å²) in [5.41, 5.74) is 0. The third-order valence-corrected chi connectivity index (χ3v) is 3.31. The lowest BCUT2D eigenvalue weighted by Crippen LogP contribution is -2.36. The van der Waals surface area contributed by atoms with Crippen LogP contribution in [0.1, 0.15) is 52.9 Å². The molecule has 1 N–H and O–H groups in total. The summed E-state index contributed by atoms with van der Waals surface area (Å²) in [5.74, 6) is 0.0376. The van der Waals surface area contributed by atoms with Crippen molar-refractivity contribution < 1.29 is 19.1 Å². The SMILES string of the molecule is CC(=O)OC(OC(=O)NCC1CCCCC1)C(C)C. The van der Waals surface area contributed by atoms with Crippen LogP contribution >= 0.6 is 0 Å². The number of hydrogen-bond donors (Lipinski definition) is 1. The first-order chi connectivity index (χ1) is 8.99. The lowest BCUT2D eigenvalue weighted by molar-refractivity contribution is -0.172. The minimum atomic E-state index is -0.816. The minimum absolute atomic E-state index is 0.0654. The third-order valence-electron chi connectivity index (χ3n) is 3.31. The van der Waals surface area contributed by atoms with Gasteiger partial charge in [0, 0.05) is 19.4 Å². The van der Waals surface area contributed by atoms with Gasteiger partial charge in [-0.1, -0.05) is 33.1 Å². The molecular formula is C14H25NO4. The molecule has 110 valence electrons. The van der Waals surface area contributed by atoms with Gasteiger partial charge in [-0.3, -0.25) is 4.79 Å². The molecule has 0 aliphatic heterocycles. The van der Waals surface area contributed by atoms with Gasteiger partial charge in [0.25, 0.3) is 6.29 Å². The Balaban J connectivity index is 2.29. The maximum absolute atomic E-state index is 11.7. The van der Waals surface area contributed by atoms with Gasteiger partial charge >= 0.3 is 12.1 Å². The van der Waals surface area contributed by atoms with Gasteiger partial charge in [0.05, 0.1) is 0 Å². The molecule has 1 aliphatic rings. The Kier molecular flexibility index (Phi) is 6.67. The summed E-state index contributed by atoms with van der Waals surface area (Å²) in [6.07, 6.45) is 4.78. The Bertz CT molecular complexity index is 298. The van der Waals surface area contributed by atoms with Crippen molar-refractivity contribution in [2.45, 2.75) is 59.2 Å². The fourth-order valence-corrected chi connectivity index (χ4v) is 2.23. The average molecular weight is 271 g/mol. The Morgan fingerprint density at radius 1 is 1.16 bits per heavy atom. The average Bonchev–Trinajstić information content (AvgIpc) is 2.36. The number of amides is 1. The molecule has 0 spiro atoms. The van der Waals surface area contributed by atoms with Crippen LogP contribution in [0.3, 0.4) is 0 Å². The molecule has 0 aromatic heterocycles.